The van der Waals surface area contributed by atoms with Gasteiger partial charge in [0.2, 0.25) is 5.91 Å². The lowest BCUT2D eigenvalue weighted by atomic mass is 9.59. The molecule has 2 saturated carbocycles. The van der Waals surface area contributed by atoms with Crippen LogP contribution in [0.5, 0.6) is 0 Å². The lowest BCUT2D eigenvalue weighted by Gasteiger charge is -2.56. The number of nitriles is 1. The Hall–Kier alpha value is -2.09. The van der Waals surface area contributed by atoms with Crippen molar-refractivity contribution in [1.29, 1.82) is 5.26 Å². The summed E-state index contributed by atoms with van der Waals surface area (Å²) >= 11 is 0. The maximum Gasteiger partial charge on any atom is 0.411 e. The van der Waals surface area contributed by atoms with Gasteiger partial charge in [-0.1, -0.05) is 6.92 Å². The molecule has 2 amide bonds. The number of amides is 2. The second-order valence-corrected chi connectivity index (χ2v) is 15.1. The fourth-order valence-corrected chi connectivity index (χ4v) is 7.76. The largest absolute Gasteiger partial charge is 0.444 e. The van der Waals surface area contributed by atoms with E-state index in [4.69, 9.17) is 19.3 Å². The molecule has 3 fully saturated rings. The van der Waals surface area contributed by atoms with E-state index in [9.17, 15) is 35.3 Å². The molecule has 1 aliphatic heterocycles. The summed E-state index contributed by atoms with van der Waals surface area (Å²) < 4.78 is 18.2. The van der Waals surface area contributed by atoms with Gasteiger partial charge in [-0.05, 0) is 84.5 Å². The Morgan fingerprint density at radius 2 is 1.79 bits per heavy atom. The van der Waals surface area contributed by atoms with E-state index in [0.717, 1.165) is 32.1 Å². The third kappa shape index (κ3) is 11.0. The second kappa shape index (κ2) is 17.0. The van der Waals surface area contributed by atoms with E-state index in [1.165, 1.54) is 0 Å². The van der Waals surface area contributed by atoms with Gasteiger partial charge in [-0.3, -0.25) is 9.69 Å². The van der Waals surface area contributed by atoms with E-state index in [1.807, 2.05) is 6.92 Å². The summed E-state index contributed by atoms with van der Waals surface area (Å²) in [6.07, 6.45) is -1.44. The molecule has 14 heteroatoms. The predicted molar refractivity (Wildman–Crippen MR) is 171 cm³/mol. The molecule has 0 aromatic carbocycles. The Kier molecular flexibility index (Phi) is 14.3. The fourth-order valence-electron chi connectivity index (χ4n) is 7.76. The lowest BCUT2D eigenvalue weighted by molar-refractivity contribution is -0.165. The molecular formula is C33H58N4O10. The van der Waals surface area contributed by atoms with Crippen LogP contribution in [-0.4, -0.2) is 147 Å². The Morgan fingerprint density at radius 3 is 2.45 bits per heavy atom. The molecule has 2 bridgehead atoms. The van der Waals surface area contributed by atoms with Crippen LogP contribution in [0.2, 0.25) is 0 Å². The van der Waals surface area contributed by atoms with Crippen LogP contribution in [-0.2, 0) is 19.0 Å². The summed E-state index contributed by atoms with van der Waals surface area (Å²) in [4.78, 5) is 30.4. The van der Waals surface area contributed by atoms with Crippen LogP contribution in [0.4, 0.5) is 4.79 Å². The van der Waals surface area contributed by atoms with E-state index < -0.39 is 59.9 Å². The number of hydrogen-bond acceptors (Lipinski definition) is 12. The van der Waals surface area contributed by atoms with Gasteiger partial charge in [0.1, 0.15) is 36.5 Å². The number of fused-ring (bicyclic) bond motifs is 2. The number of aliphatic hydroxyl groups excluding tert-OH is 5. The maximum absolute atomic E-state index is 13.7. The first-order chi connectivity index (χ1) is 22.0. The van der Waals surface area contributed by atoms with Gasteiger partial charge in [0.05, 0.1) is 44.2 Å². The van der Waals surface area contributed by atoms with Gasteiger partial charge in [0, 0.05) is 25.2 Å². The topological polar surface area (TPSA) is 205 Å². The van der Waals surface area contributed by atoms with Crippen molar-refractivity contribution in [2.75, 3.05) is 52.6 Å². The fraction of sp³-hybridized carbons (Fsp3) is 0.909. The molecule has 0 aromatic rings. The number of carbonyl (C=O) groups excluding carboxylic acids is 2. The summed E-state index contributed by atoms with van der Waals surface area (Å²) in [5, 5.41) is 60.5. The van der Waals surface area contributed by atoms with Crippen LogP contribution in [0.15, 0.2) is 0 Å². The molecular weight excluding hydrogens is 612 g/mol. The number of carbonyl (C=O) groups is 2. The van der Waals surface area contributed by atoms with Crippen molar-refractivity contribution in [3.63, 3.8) is 0 Å². The molecule has 1 heterocycles. The van der Waals surface area contributed by atoms with E-state index in [-0.39, 0.29) is 19.0 Å². The first-order valence-corrected chi connectivity index (χ1v) is 17.0. The highest BCUT2D eigenvalue weighted by atomic mass is 16.6. The van der Waals surface area contributed by atoms with Crippen LogP contribution in [0.1, 0.15) is 79.6 Å². The number of nitrogens with one attached hydrogen (secondary N) is 1. The number of nitrogens with zero attached hydrogens (tertiary/aromatic N) is 3. The summed E-state index contributed by atoms with van der Waals surface area (Å²) in [5.74, 6) is 0.475. The average molecular weight is 671 g/mol. The Balaban J connectivity index is 1.59. The first kappa shape index (κ1) is 39.3. The summed E-state index contributed by atoms with van der Waals surface area (Å²) in [7, 11) is 0. The predicted octanol–water partition coefficient (Wildman–Crippen LogP) is 0.524. The Morgan fingerprint density at radius 1 is 1.09 bits per heavy atom. The molecule has 2 aliphatic carbocycles. The van der Waals surface area contributed by atoms with Crippen molar-refractivity contribution in [3.05, 3.63) is 0 Å². The van der Waals surface area contributed by atoms with Gasteiger partial charge >= 0.3 is 6.09 Å². The Bertz CT molecular complexity index is 1070. The summed E-state index contributed by atoms with van der Waals surface area (Å²) in [6, 6.07) is 1.74. The third-order valence-corrected chi connectivity index (χ3v) is 9.57. The number of aliphatic hydroxyl groups is 5. The standard InChI is InChI=1S/C33H58N4O10/c1-22-13-23-15-32(5,37(30(44)47-31(2,3)4)19-27(41)36-9-6-7-24(36)17-34)21-33(14-22,16-23)46-12-11-45-10-8-35-18-25(39)28(42)29(43)26(40)20-38/h22-26,28-29,35,38-40,42-43H,6-16,18-21H2,1-5H3/t22-,23?,24+,25+,26-,28-,29-,32?,33?/m1/s1. The van der Waals surface area contributed by atoms with Crippen molar-refractivity contribution in [2.24, 2.45) is 11.8 Å². The van der Waals surface area contributed by atoms with E-state index >= 15 is 0 Å². The van der Waals surface area contributed by atoms with Gasteiger partial charge in [-0.2, -0.15) is 5.26 Å². The molecule has 47 heavy (non-hydrogen) atoms. The van der Waals surface area contributed by atoms with Gasteiger partial charge < -0.3 is 50.0 Å². The summed E-state index contributed by atoms with van der Waals surface area (Å²) in [5.41, 5.74) is -1.97. The van der Waals surface area contributed by atoms with Gasteiger partial charge in [0.15, 0.2) is 0 Å². The quantitative estimate of drug-likeness (QED) is 0.124. The normalized spacial score (nSPS) is 30.2. The second-order valence-electron chi connectivity index (χ2n) is 15.1. The van der Waals surface area contributed by atoms with E-state index in [0.29, 0.717) is 57.6 Å². The van der Waals surface area contributed by atoms with Gasteiger partial charge in [0.25, 0.3) is 0 Å². The molecule has 6 N–H and O–H groups in total. The monoisotopic (exact) mass is 670 g/mol. The molecule has 3 aliphatic rings. The zero-order valence-corrected chi connectivity index (χ0v) is 28.8. The number of likely N-dealkylation sites (tertiary alicyclic amines) is 1. The molecule has 3 unspecified atom stereocenters. The number of rotatable bonds is 16. The van der Waals surface area contributed by atoms with Crippen LogP contribution >= 0.6 is 0 Å². The SMILES string of the molecule is C[C@@H]1CC2CC(OCCOCCNC[C@H](O)[C@@H](O)[C@H](O)[C@H](O)CO)(C1)CC(C)(N(CC(=O)N1CCC[C@H]1C#N)C(=O)OC(C)(C)C)C2. The molecule has 0 spiro atoms. The highest BCUT2D eigenvalue weighted by molar-refractivity contribution is 5.83. The molecule has 270 valence electrons. The minimum atomic E-state index is -1.67. The van der Waals surface area contributed by atoms with E-state index in [1.54, 1.807) is 30.6 Å². The van der Waals surface area contributed by atoms with Gasteiger partial charge in [-0.15, -0.1) is 0 Å². The molecule has 0 aromatic heterocycles. The molecule has 1 saturated heterocycles. The van der Waals surface area contributed by atoms with Crippen molar-refractivity contribution >= 4 is 12.0 Å². The summed E-state index contributed by atoms with van der Waals surface area (Å²) in [6.45, 7) is 10.5. The number of hydrogen-bond donors (Lipinski definition) is 6. The third-order valence-electron chi connectivity index (χ3n) is 9.57. The first-order valence-electron chi connectivity index (χ1n) is 17.0. The molecule has 9 atom stereocenters. The van der Waals surface area contributed by atoms with Crippen molar-refractivity contribution < 1.29 is 49.3 Å². The zero-order valence-electron chi connectivity index (χ0n) is 28.8. The molecule has 14 nitrogen and oxygen atoms in total. The molecule has 0 radical (unpaired) electrons. The Labute approximate surface area is 278 Å². The minimum Gasteiger partial charge on any atom is -0.444 e. The average Bonchev–Trinajstić information content (AvgIpc) is 3.47. The number of ether oxygens (including phenoxy) is 3. The van der Waals surface area contributed by atoms with Crippen LogP contribution in [0.25, 0.3) is 0 Å². The highest BCUT2D eigenvalue weighted by Gasteiger charge is 2.54. The van der Waals surface area contributed by atoms with Crippen molar-refractivity contribution in [2.45, 2.75) is 127 Å². The highest BCUT2D eigenvalue weighted by Crippen LogP contribution is 2.52. The lowest BCUT2D eigenvalue weighted by Crippen LogP contribution is -2.63. The van der Waals surface area contributed by atoms with Crippen LogP contribution in [0.3, 0.4) is 0 Å². The van der Waals surface area contributed by atoms with Gasteiger partial charge in [-0.25, -0.2) is 4.79 Å². The van der Waals surface area contributed by atoms with Crippen molar-refractivity contribution in [1.82, 2.24) is 15.1 Å². The van der Waals surface area contributed by atoms with Crippen LogP contribution in [0, 0.1) is 23.2 Å². The van der Waals surface area contributed by atoms with Crippen LogP contribution < -0.4 is 5.32 Å². The minimum absolute atomic E-state index is 0.0528. The smallest absolute Gasteiger partial charge is 0.411 e. The maximum atomic E-state index is 13.7. The molecule has 3 rings (SSSR count). The zero-order chi connectivity index (χ0) is 35.0. The van der Waals surface area contributed by atoms with E-state index in [2.05, 4.69) is 18.3 Å². The van der Waals surface area contributed by atoms with Crippen molar-refractivity contribution in [3.8, 4) is 6.07 Å².